The minimum Gasteiger partial charge on any atom is -0.340 e. The first kappa shape index (κ1) is 15.9. The van der Waals surface area contributed by atoms with Crippen molar-refractivity contribution in [1.29, 1.82) is 0 Å². The highest BCUT2D eigenvalue weighted by molar-refractivity contribution is 6.03. The standard InChI is InChI=1S/C22H24N2O/c1-15-13-16(2)20-19(14-15)18-10-11-23(3)22(25)21(18)24(20)12-9-17-7-5-4-6-8-17/h4-8,13-14H,9-12H2,1-3H3. The maximum absolute atomic E-state index is 12.9. The number of fused-ring (bicyclic) bond motifs is 3. The van der Waals surface area contributed by atoms with Crippen LogP contribution in [0.4, 0.5) is 0 Å². The van der Waals surface area contributed by atoms with Crippen molar-refractivity contribution in [2.75, 3.05) is 13.6 Å². The Balaban J connectivity index is 1.88. The van der Waals surface area contributed by atoms with Crippen molar-refractivity contribution in [2.24, 2.45) is 0 Å². The zero-order chi connectivity index (χ0) is 17.6. The van der Waals surface area contributed by atoms with E-state index < -0.39 is 0 Å². The second-order valence-corrected chi connectivity index (χ2v) is 7.17. The summed E-state index contributed by atoms with van der Waals surface area (Å²) in [6, 6.07) is 15.0. The summed E-state index contributed by atoms with van der Waals surface area (Å²) in [6.45, 7) is 5.93. The smallest absolute Gasteiger partial charge is 0.270 e. The predicted octanol–water partition coefficient (Wildman–Crippen LogP) is 4.13. The molecule has 3 nitrogen and oxygen atoms in total. The topological polar surface area (TPSA) is 25.2 Å². The Morgan fingerprint density at radius 3 is 2.60 bits per heavy atom. The molecule has 2 heterocycles. The van der Waals surface area contributed by atoms with Gasteiger partial charge >= 0.3 is 0 Å². The number of likely N-dealkylation sites (N-methyl/N-ethyl adjacent to an activating group) is 1. The van der Waals surface area contributed by atoms with Gasteiger partial charge < -0.3 is 9.47 Å². The fourth-order valence-corrected chi connectivity index (χ4v) is 4.12. The monoisotopic (exact) mass is 332 g/mol. The Morgan fingerprint density at radius 2 is 1.84 bits per heavy atom. The Labute approximate surface area is 148 Å². The molecule has 3 heteroatoms. The van der Waals surface area contributed by atoms with Crippen molar-refractivity contribution in [3.05, 3.63) is 70.4 Å². The van der Waals surface area contributed by atoms with Crippen LogP contribution in [0.2, 0.25) is 0 Å². The van der Waals surface area contributed by atoms with E-state index in [0.717, 1.165) is 31.6 Å². The molecule has 128 valence electrons. The third-order valence-corrected chi connectivity index (χ3v) is 5.31. The quantitative estimate of drug-likeness (QED) is 0.708. The molecule has 0 aliphatic carbocycles. The molecule has 0 radical (unpaired) electrons. The van der Waals surface area contributed by atoms with E-state index in [2.05, 4.69) is 54.8 Å². The zero-order valence-electron chi connectivity index (χ0n) is 15.2. The summed E-state index contributed by atoms with van der Waals surface area (Å²) < 4.78 is 2.27. The molecule has 0 fully saturated rings. The van der Waals surface area contributed by atoms with Gasteiger partial charge in [-0.15, -0.1) is 0 Å². The lowest BCUT2D eigenvalue weighted by atomic mass is 10.0. The summed E-state index contributed by atoms with van der Waals surface area (Å²) in [7, 11) is 1.91. The normalized spacial score (nSPS) is 14.2. The van der Waals surface area contributed by atoms with E-state index in [4.69, 9.17) is 0 Å². The first-order valence-electron chi connectivity index (χ1n) is 8.98. The number of carbonyl (C=O) groups is 1. The van der Waals surface area contributed by atoms with E-state index in [1.54, 1.807) is 0 Å². The molecule has 3 aromatic rings. The van der Waals surface area contributed by atoms with Gasteiger partial charge in [-0.3, -0.25) is 4.79 Å². The van der Waals surface area contributed by atoms with Gasteiger partial charge in [0, 0.05) is 25.5 Å². The van der Waals surface area contributed by atoms with E-state index in [0.29, 0.717) is 0 Å². The third kappa shape index (κ3) is 2.64. The van der Waals surface area contributed by atoms with Gasteiger partial charge in [0.25, 0.3) is 5.91 Å². The second kappa shape index (κ2) is 6.07. The summed E-state index contributed by atoms with van der Waals surface area (Å²) in [4.78, 5) is 14.8. The van der Waals surface area contributed by atoms with Crippen LogP contribution in [0.15, 0.2) is 42.5 Å². The van der Waals surface area contributed by atoms with Crippen molar-refractivity contribution in [3.8, 4) is 0 Å². The fourth-order valence-electron chi connectivity index (χ4n) is 4.12. The highest BCUT2D eigenvalue weighted by Crippen LogP contribution is 2.33. The molecule has 0 saturated heterocycles. The van der Waals surface area contributed by atoms with E-state index in [1.165, 1.54) is 33.2 Å². The summed E-state index contributed by atoms with van der Waals surface area (Å²) in [5.41, 5.74) is 7.19. The Hall–Kier alpha value is -2.55. The molecule has 25 heavy (non-hydrogen) atoms. The zero-order valence-corrected chi connectivity index (χ0v) is 15.2. The molecule has 0 atom stereocenters. The molecule has 1 aromatic heterocycles. The van der Waals surface area contributed by atoms with E-state index in [-0.39, 0.29) is 5.91 Å². The van der Waals surface area contributed by atoms with Crippen LogP contribution in [0.25, 0.3) is 10.9 Å². The molecular formula is C22H24N2O. The lowest BCUT2D eigenvalue weighted by Crippen LogP contribution is -2.35. The number of aromatic nitrogens is 1. The maximum atomic E-state index is 12.9. The maximum Gasteiger partial charge on any atom is 0.270 e. The van der Waals surface area contributed by atoms with Gasteiger partial charge in [-0.05, 0) is 49.4 Å². The van der Waals surface area contributed by atoms with Crippen LogP contribution < -0.4 is 0 Å². The van der Waals surface area contributed by atoms with Crippen molar-refractivity contribution < 1.29 is 4.79 Å². The molecule has 1 amide bonds. The summed E-state index contributed by atoms with van der Waals surface area (Å²) in [5, 5.41) is 1.27. The number of aryl methyl sites for hydroxylation is 4. The number of hydrogen-bond donors (Lipinski definition) is 0. The molecule has 0 saturated carbocycles. The van der Waals surface area contributed by atoms with Gasteiger partial charge in [0.1, 0.15) is 5.69 Å². The second-order valence-electron chi connectivity index (χ2n) is 7.17. The van der Waals surface area contributed by atoms with Crippen molar-refractivity contribution >= 4 is 16.8 Å². The van der Waals surface area contributed by atoms with Crippen LogP contribution in [0.3, 0.4) is 0 Å². The van der Waals surface area contributed by atoms with Crippen LogP contribution in [0.1, 0.15) is 32.7 Å². The number of carbonyl (C=O) groups excluding carboxylic acids is 1. The molecule has 0 N–H and O–H groups in total. The van der Waals surface area contributed by atoms with Gasteiger partial charge in [-0.25, -0.2) is 0 Å². The largest absolute Gasteiger partial charge is 0.340 e. The lowest BCUT2D eigenvalue weighted by Gasteiger charge is -2.24. The number of amides is 1. The molecular weight excluding hydrogens is 308 g/mol. The third-order valence-electron chi connectivity index (χ3n) is 5.31. The van der Waals surface area contributed by atoms with E-state index >= 15 is 0 Å². The van der Waals surface area contributed by atoms with Gasteiger partial charge in [0.2, 0.25) is 0 Å². The van der Waals surface area contributed by atoms with Gasteiger partial charge in [0.15, 0.2) is 0 Å². The average Bonchev–Trinajstić information content (AvgIpc) is 2.91. The molecule has 4 rings (SSSR count). The van der Waals surface area contributed by atoms with Gasteiger partial charge in [-0.1, -0.05) is 42.0 Å². The Bertz CT molecular complexity index is 953. The SMILES string of the molecule is Cc1cc(C)c2c(c1)c1c(n2CCc2ccccc2)C(=O)N(C)CC1. The number of rotatable bonds is 3. The minimum absolute atomic E-state index is 0.155. The molecule has 1 aliphatic heterocycles. The fraction of sp³-hybridized carbons (Fsp3) is 0.318. The average molecular weight is 332 g/mol. The molecule has 0 spiro atoms. The van der Waals surface area contributed by atoms with Crippen molar-refractivity contribution in [1.82, 2.24) is 9.47 Å². The first-order valence-corrected chi connectivity index (χ1v) is 8.98. The molecule has 0 bridgehead atoms. The summed E-state index contributed by atoms with van der Waals surface area (Å²) in [5.74, 6) is 0.155. The van der Waals surface area contributed by atoms with Gasteiger partial charge in [0.05, 0.1) is 5.52 Å². The van der Waals surface area contributed by atoms with Crippen LogP contribution in [-0.4, -0.2) is 29.0 Å². The van der Waals surface area contributed by atoms with E-state index in [9.17, 15) is 4.79 Å². The van der Waals surface area contributed by atoms with Crippen LogP contribution in [0, 0.1) is 13.8 Å². The number of hydrogen-bond acceptors (Lipinski definition) is 1. The van der Waals surface area contributed by atoms with Crippen molar-refractivity contribution in [2.45, 2.75) is 33.2 Å². The Morgan fingerprint density at radius 1 is 1.08 bits per heavy atom. The Kier molecular flexibility index (Phi) is 3.87. The molecule has 1 aliphatic rings. The van der Waals surface area contributed by atoms with Crippen molar-refractivity contribution in [3.63, 3.8) is 0 Å². The van der Waals surface area contributed by atoms with Gasteiger partial charge in [-0.2, -0.15) is 0 Å². The highest BCUT2D eigenvalue weighted by atomic mass is 16.2. The summed E-state index contributed by atoms with van der Waals surface area (Å²) in [6.07, 6.45) is 1.87. The highest BCUT2D eigenvalue weighted by Gasteiger charge is 2.29. The van der Waals surface area contributed by atoms with Crippen LogP contribution in [-0.2, 0) is 19.4 Å². The van der Waals surface area contributed by atoms with Crippen LogP contribution >= 0.6 is 0 Å². The minimum atomic E-state index is 0.155. The molecule has 2 aromatic carbocycles. The number of nitrogens with zero attached hydrogens (tertiary/aromatic N) is 2. The van der Waals surface area contributed by atoms with E-state index in [1.807, 2.05) is 18.0 Å². The molecule has 0 unspecified atom stereocenters. The lowest BCUT2D eigenvalue weighted by molar-refractivity contribution is 0.0770. The summed E-state index contributed by atoms with van der Waals surface area (Å²) >= 11 is 0. The predicted molar refractivity (Wildman–Crippen MR) is 102 cm³/mol. The number of benzene rings is 2. The first-order chi connectivity index (χ1) is 12.1. The van der Waals surface area contributed by atoms with Crippen LogP contribution in [0.5, 0.6) is 0 Å².